The largest absolute Gasteiger partial charge is 0.463 e. The highest BCUT2D eigenvalue weighted by atomic mass is 35.5. The summed E-state index contributed by atoms with van der Waals surface area (Å²) in [7, 11) is 0. The van der Waals surface area contributed by atoms with Crippen molar-refractivity contribution in [3.8, 4) is 0 Å². The summed E-state index contributed by atoms with van der Waals surface area (Å²) in [5.74, 6) is -0.407. The molecule has 2 unspecified atom stereocenters. The number of hydrogen-bond donors (Lipinski definition) is 0. The monoisotopic (exact) mass is 510 g/mol. The van der Waals surface area contributed by atoms with Gasteiger partial charge < -0.3 is 23.7 Å². The molecule has 5 atom stereocenters. The van der Waals surface area contributed by atoms with Crippen LogP contribution in [0.25, 0.3) is 0 Å². The zero-order chi connectivity index (χ0) is 25.2. The van der Waals surface area contributed by atoms with Gasteiger partial charge in [0.2, 0.25) is 0 Å². The van der Waals surface area contributed by atoms with Gasteiger partial charge in [0.05, 0.1) is 19.8 Å². The van der Waals surface area contributed by atoms with E-state index in [4.69, 9.17) is 35.3 Å². The van der Waals surface area contributed by atoms with Crippen LogP contribution >= 0.6 is 11.6 Å². The van der Waals surface area contributed by atoms with Gasteiger partial charge in [0.25, 0.3) is 0 Å². The minimum Gasteiger partial charge on any atom is -0.463 e. The molecule has 6 nitrogen and oxygen atoms in total. The second-order valence-electron chi connectivity index (χ2n) is 8.61. The molecule has 1 fully saturated rings. The molecule has 3 aromatic rings. The van der Waals surface area contributed by atoms with Crippen molar-refractivity contribution in [2.45, 2.75) is 56.7 Å². The Morgan fingerprint density at radius 2 is 1.11 bits per heavy atom. The van der Waals surface area contributed by atoms with E-state index in [1.165, 1.54) is 6.92 Å². The molecule has 4 rings (SSSR count). The molecule has 1 aliphatic rings. The van der Waals surface area contributed by atoms with E-state index in [0.29, 0.717) is 19.8 Å². The van der Waals surface area contributed by atoms with Gasteiger partial charge >= 0.3 is 5.97 Å². The Morgan fingerprint density at radius 1 is 0.694 bits per heavy atom. The van der Waals surface area contributed by atoms with Crippen LogP contribution in [0.4, 0.5) is 0 Å². The number of hydrogen-bond acceptors (Lipinski definition) is 6. The van der Waals surface area contributed by atoms with Crippen LogP contribution in [0.1, 0.15) is 23.6 Å². The van der Waals surface area contributed by atoms with Crippen LogP contribution in [0.15, 0.2) is 91.0 Å². The Morgan fingerprint density at radius 3 is 1.56 bits per heavy atom. The molecule has 0 amide bonds. The third-order valence-electron chi connectivity index (χ3n) is 5.88. The zero-order valence-electron chi connectivity index (χ0n) is 20.2. The van der Waals surface area contributed by atoms with Crippen LogP contribution in [0.3, 0.4) is 0 Å². The van der Waals surface area contributed by atoms with Crippen molar-refractivity contribution in [2.24, 2.45) is 0 Å². The van der Waals surface area contributed by atoms with Gasteiger partial charge in [-0.3, -0.25) is 4.79 Å². The Kier molecular flexibility index (Phi) is 9.90. The minimum atomic E-state index is -0.827. The van der Waals surface area contributed by atoms with Crippen LogP contribution in [0.5, 0.6) is 0 Å². The molecule has 0 N–H and O–H groups in total. The fourth-order valence-electron chi connectivity index (χ4n) is 4.07. The number of esters is 1. The summed E-state index contributed by atoms with van der Waals surface area (Å²) in [4.78, 5) is 11.6. The van der Waals surface area contributed by atoms with Crippen LogP contribution in [-0.4, -0.2) is 42.6 Å². The summed E-state index contributed by atoms with van der Waals surface area (Å²) in [6.45, 7) is 2.36. The molecule has 7 heteroatoms. The highest BCUT2D eigenvalue weighted by Gasteiger charge is 2.48. The van der Waals surface area contributed by atoms with Gasteiger partial charge in [-0.1, -0.05) is 103 Å². The van der Waals surface area contributed by atoms with Gasteiger partial charge in [0.1, 0.15) is 31.0 Å². The van der Waals surface area contributed by atoms with Gasteiger partial charge in [0, 0.05) is 6.92 Å². The standard InChI is InChI=1S/C29H31ClO6/c1-21(31)32-20-25-26(33-17-22-11-5-2-6-12-22)27(34-18-23-13-7-3-8-14-23)28(29(30)36-25)35-19-24-15-9-4-10-16-24/h2-16,25-29H,17-20H2,1H3/t25?,26-,27-,28?,29+/m1/s1. The molecular formula is C29H31ClO6. The number of carbonyl (C=O) groups is 1. The van der Waals surface area contributed by atoms with Crippen molar-refractivity contribution in [3.05, 3.63) is 108 Å². The number of carbonyl (C=O) groups excluding carboxylic acids is 1. The zero-order valence-corrected chi connectivity index (χ0v) is 21.0. The third-order valence-corrected chi connectivity index (χ3v) is 6.24. The van der Waals surface area contributed by atoms with Crippen molar-refractivity contribution >= 4 is 17.6 Å². The summed E-state index contributed by atoms with van der Waals surface area (Å²) >= 11 is 6.69. The molecule has 0 aromatic heterocycles. The van der Waals surface area contributed by atoms with Crippen LogP contribution in [0, 0.1) is 0 Å². The SMILES string of the molecule is CC(=O)OCC1O[C@H](Cl)C(OCc2ccccc2)[C@H](OCc2ccccc2)[C@@H]1OCc1ccccc1. The molecule has 0 radical (unpaired) electrons. The van der Waals surface area contributed by atoms with Crippen LogP contribution < -0.4 is 0 Å². The second kappa shape index (κ2) is 13.5. The second-order valence-corrected chi connectivity index (χ2v) is 9.04. The van der Waals surface area contributed by atoms with E-state index in [9.17, 15) is 4.79 Å². The summed E-state index contributed by atoms with van der Waals surface area (Å²) in [6.07, 6.45) is -2.42. The lowest BCUT2D eigenvalue weighted by Gasteiger charge is -2.44. The molecule has 0 spiro atoms. The van der Waals surface area contributed by atoms with Gasteiger partial charge in [0.15, 0.2) is 5.56 Å². The molecule has 3 aromatic carbocycles. The molecule has 1 saturated heterocycles. The average Bonchev–Trinajstić information content (AvgIpc) is 2.91. The Balaban J connectivity index is 1.57. The van der Waals surface area contributed by atoms with E-state index in [-0.39, 0.29) is 6.61 Å². The van der Waals surface area contributed by atoms with Gasteiger partial charge in [-0.25, -0.2) is 0 Å². The van der Waals surface area contributed by atoms with Gasteiger partial charge in [-0.05, 0) is 16.7 Å². The molecule has 1 aliphatic heterocycles. The lowest BCUT2D eigenvalue weighted by atomic mass is 9.99. The van der Waals surface area contributed by atoms with Crippen molar-refractivity contribution in [2.75, 3.05) is 6.61 Å². The number of rotatable bonds is 11. The maximum absolute atomic E-state index is 11.6. The van der Waals surface area contributed by atoms with E-state index in [0.717, 1.165) is 16.7 Å². The molecule has 190 valence electrons. The fourth-order valence-corrected chi connectivity index (χ4v) is 4.41. The van der Waals surface area contributed by atoms with Crippen molar-refractivity contribution in [1.82, 2.24) is 0 Å². The van der Waals surface area contributed by atoms with Crippen molar-refractivity contribution in [1.29, 1.82) is 0 Å². The first-order valence-electron chi connectivity index (χ1n) is 12.0. The Labute approximate surface area is 217 Å². The normalized spacial score (nSPS) is 23.8. The van der Waals surface area contributed by atoms with E-state index in [2.05, 4.69) is 0 Å². The highest BCUT2D eigenvalue weighted by Crippen LogP contribution is 2.32. The van der Waals surface area contributed by atoms with E-state index in [1.54, 1.807) is 0 Å². The lowest BCUT2D eigenvalue weighted by molar-refractivity contribution is -0.255. The van der Waals surface area contributed by atoms with Crippen LogP contribution in [-0.2, 0) is 48.3 Å². The van der Waals surface area contributed by atoms with Crippen LogP contribution in [0.2, 0.25) is 0 Å². The van der Waals surface area contributed by atoms with Crippen molar-refractivity contribution in [3.63, 3.8) is 0 Å². The molecular weight excluding hydrogens is 480 g/mol. The maximum Gasteiger partial charge on any atom is 0.302 e. The van der Waals surface area contributed by atoms with E-state index >= 15 is 0 Å². The predicted molar refractivity (Wildman–Crippen MR) is 136 cm³/mol. The number of benzene rings is 3. The maximum atomic E-state index is 11.6. The smallest absolute Gasteiger partial charge is 0.302 e. The van der Waals surface area contributed by atoms with Gasteiger partial charge in [-0.2, -0.15) is 0 Å². The average molecular weight is 511 g/mol. The first-order chi connectivity index (χ1) is 17.6. The number of ether oxygens (including phenoxy) is 5. The summed E-state index contributed by atoms with van der Waals surface area (Å²) in [5.41, 5.74) is 2.19. The Bertz CT molecular complexity index is 1050. The predicted octanol–water partition coefficient (Wildman–Crippen LogP) is 5.27. The summed E-state index contributed by atoms with van der Waals surface area (Å²) in [6, 6.07) is 29.5. The molecule has 1 heterocycles. The molecule has 36 heavy (non-hydrogen) atoms. The highest BCUT2D eigenvalue weighted by molar-refractivity contribution is 6.20. The first kappa shape index (κ1) is 26.3. The fraction of sp³-hybridized carbons (Fsp3) is 0.345. The molecule has 0 bridgehead atoms. The molecule has 0 saturated carbocycles. The van der Waals surface area contributed by atoms with Crippen molar-refractivity contribution < 1.29 is 28.5 Å². The minimum absolute atomic E-state index is 0.00535. The van der Waals surface area contributed by atoms with E-state index < -0.39 is 35.9 Å². The topological polar surface area (TPSA) is 63.2 Å². The third kappa shape index (κ3) is 7.63. The lowest BCUT2D eigenvalue weighted by Crippen LogP contribution is -2.59. The number of halogens is 1. The van der Waals surface area contributed by atoms with Gasteiger partial charge in [-0.15, -0.1) is 0 Å². The summed E-state index contributed by atoms with van der Waals surface area (Å²) in [5, 5.41) is 0. The number of alkyl halides is 1. The summed E-state index contributed by atoms with van der Waals surface area (Å²) < 4.78 is 30.4. The van der Waals surface area contributed by atoms with E-state index in [1.807, 2.05) is 91.0 Å². The Hall–Kier alpha value is -2.74. The first-order valence-corrected chi connectivity index (χ1v) is 12.4. The quantitative estimate of drug-likeness (QED) is 0.259. The molecule has 0 aliphatic carbocycles.